The number of aliphatic hydroxyl groups is 1. The molecule has 0 fully saturated rings. The van der Waals surface area contributed by atoms with Crippen molar-refractivity contribution in [1.82, 2.24) is 9.88 Å². The van der Waals surface area contributed by atoms with Crippen LogP contribution in [0.5, 0.6) is 0 Å². The molecule has 0 bridgehead atoms. The van der Waals surface area contributed by atoms with Crippen LogP contribution < -0.4 is 11.1 Å². The van der Waals surface area contributed by atoms with E-state index in [-0.39, 0.29) is 11.4 Å². The lowest BCUT2D eigenvalue weighted by Gasteiger charge is -2.25. The Labute approximate surface area is 175 Å². The lowest BCUT2D eigenvalue weighted by Crippen LogP contribution is -2.28. The zero-order valence-corrected chi connectivity index (χ0v) is 17.2. The molecule has 0 amide bonds. The number of nitrogen functional groups attached to an aromatic ring is 1. The van der Waals surface area contributed by atoms with E-state index in [1.54, 1.807) is 13.0 Å². The molecular formula is C22H24ClFN4O. The monoisotopic (exact) mass is 414 g/mol. The molecule has 1 aliphatic heterocycles. The van der Waals surface area contributed by atoms with Gasteiger partial charge in [-0.25, -0.2) is 9.37 Å². The molecular weight excluding hydrogens is 391 g/mol. The molecule has 1 aromatic carbocycles. The van der Waals surface area contributed by atoms with Crippen LogP contribution in [0.4, 0.5) is 15.9 Å². The highest BCUT2D eigenvalue weighted by Gasteiger charge is 2.16. The van der Waals surface area contributed by atoms with Crippen molar-refractivity contribution in [3.8, 4) is 11.3 Å². The molecule has 3 rings (SSSR count). The summed E-state index contributed by atoms with van der Waals surface area (Å²) in [6.07, 6.45) is 5.41. The van der Waals surface area contributed by atoms with Crippen molar-refractivity contribution in [2.45, 2.75) is 20.0 Å². The van der Waals surface area contributed by atoms with Gasteiger partial charge in [0.05, 0.1) is 17.5 Å². The number of aromatic nitrogens is 1. The number of halogens is 2. The third kappa shape index (κ3) is 4.96. The fourth-order valence-electron chi connectivity index (χ4n) is 3.20. The van der Waals surface area contributed by atoms with Gasteiger partial charge in [0.15, 0.2) is 0 Å². The smallest absolute Gasteiger partial charge is 0.133 e. The van der Waals surface area contributed by atoms with Crippen LogP contribution in [-0.4, -0.2) is 34.2 Å². The van der Waals surface area contributed by atoms with E-state index in [4.69, 9.17) is 17.3 Å². The lowest BCUT2D eigenvalue weighted by atomic mass is 10.0. The number of aliphatic hydroxyl groups excluding tert-OH is 1. The molecule has 0 radical (unpaired) electrons. The molecule has 4 N–H and O–H groups in total. The summed E-state index contributed by atoms with van der Waals surface area (Å²) in [5.41, 5.74) is 9.80. The molecule has 5 nitrogen and oxygen atoms in total. The summed E-state index contributed by atoms with van der Waals surface area (Å²) in [4.78, 5) is 6.37. The topological polar surface area (TPSA) is 74.4 Å². The number of nitrogens with one attached hydrogen (secondary N) is 1. The molecule has 1 aromatic heterocycles. The highest BCUT2D eigenvalue weighted by molar-refractivity contribution is 6.30. The summed E-state index contributed by atoms with van der Waals surface area (Å²) in [6, 6.07) is 6.06. The molecule has 0 saturated heterocycles. The number of benzene rings is 1. The Morgan fingerprint density at radius 2 is 2.21 bits per heavy atom. The van der Waals surface area contributed by atoms with Crippen LogP contribution in [0.15, 0.2) is 54.9 Å². The van der Waals surface area contributed by atoms with Crippen LogP contribution in [0.2, 0.25) is 5.02 Å². The molecule has 0 unspecified atom stereocenters. The van der Waals surface area contributed by atoms with Crippen molar-refractivity contribution in [2.75, 3.05) is 24.1 Å². The van der Waals surface area contributed by atoms with Crippen LogP contribution in [0.3, 0.4) is 0 Å². The maximum Gasteiger partial charge on any atom is 0.133 e. The van der Waals surface area contributed by atoms with Crippen molar-refractivity contribution in [2.24, 2.45) is 0 Å². The molecule has 0 saturated carbocycles. The summed E-state index contributed by atoms with van der Waals surface area (Å²) in [5.74, 6) is -0.172. The number of nitrogens with two attached hydrogens (primary N) is 1. The summed E-state index contributed by atoms with van der Waals surface area (Å²) < 4.78 is 14.4. The predicted octanol–water partition coefficient (Wildman–Crippen LogP) is 4.66. The van der Waals surface area contributed by atoms with Crippen molar-refractivity contribution < 1.29 is 9.50 Å². The van der Waals surface area contributed by atoms with Gasteiger partial charge in [0.25, 0.3) is 0 Å². The average Bonchev–Trinajstić information content (AvgIpc) is 2.64. The molecule has 1 aliphatic rings. The Balaban J connectivity index is 1.96. The third-order valence-corrected chi connectivity index (χ3v) is 4.70. The van der Waals surface area contributed by atoms with Gasteiger partial charge in [-0.1, -0.05) is 18.2 Å². The Morgan fingerprint density at radius 1 is 1.45 bits per heavy atom. The van der Waals surface area contributed by atoms with Gasteiger partial charge in [-0.2, -0.15) is 0 Å². The standard InChI is InChI=1S/C22H24ClFN4O/c1-13(2)21-20(26-16-6-8-28(9-7-16)12-14(3)29)11-19(27-22(21)25)17-10-15(23)4-5-18(17)24/h4-8,10-11,14,29H,1,9,12H2,2-3H3,(H3,25,26,27)/t14-/m0/s1. The van der Waals surface area contributed by atoms with E-state index in [2.05, 4.69) is 16.9 Å². The van der Waals surface area contributed by atoms with Gasteiger partial charge in [-0.3, -0.25) is 0 Å². The van der Waals surface area contributed by atoms with E-state index >= 15 is 0 Å². The second kappa shape index (κ2) is 8.68. The number of pyridine rings is 1. The minimum absolute atomic E-state index is 0.257. The molecule has 2 aromatic rings. The van der Waals surface area contributed by atoms with Gasteiger partial charge in [-0.15, -0.1) is 0 Å². The summed E-state index contributed by atoms with van der Waals surface area (Å²) >= 11 is 6.04. The van der Waals surface area contributed by atoms with Gasteiger partial charge in [0, 0.05) is 41.1 Å². The zero-order chi connectivity index (χ0) is 21.1. The molecule has 152 valence electrons. The van der Waals surface area contributed by atoms with Crippen LogP contribution >= 0.6 is 11.6 Å². The number of hydrogen-bond donors (Lipinski definition) is 3. The van der Waals surface area contributed by atoms with Crippen molar-refractivity contribution >= 4 is 28.7 Å². The van der Waals surface area contributed by atoms with Gasteiger partial charge < -0.3 is 21.1 Å². The summed E-state index contributed by atoms with van der Waals surface area (Å²) in [6.45, 7) is 8.79. The first-order valence-corrected chi connectivity index (χ1v) is 9.61. The highest BCUT2D eigenvalue weighted by atomic mass is 35.5. The first kappa shape index (κ1) is 20.9. The van der Waals surface area contributed by atoms with Crippen molar-refractivity contribution in [1.29, 1.82) is 0 Å². The summed E-state index contributed by atoms with van der Waals surface area (Å²) in [5, 5.41) is 13.3. The lowest BCUT2D eigenvalue weighted by molar-refractivity contribution is 0.155. The van der Waals surface area contributed by atoms with Gasteiger partial charge >= 0.3 is 0 Å². The SMILES string of the molecule is C=C(C)c1c(NC2=CCN(C[C@H](C)O)C=C2)cc(-c2cc(Cl)ccc2F)nc1N. The maximum absolute atomic E-state index is 14.4. The minimum atomic E-state index is -0.430. The largest absolute Gasteiger partial charge is 0.392 e. The fourth-order valence-corrected chi connectivity index (χ4v) is 3.37. The van der Waals surface area contributed by atoms with Crippen molar-refractivity contribution in [3.63, 3.8) is 0 Å². The molecule has 1 atom stereocenters. The van der Waals surface area contributed by atoms with Gasteiger partial charge in [0.2, 0.25) is 0 Å². The number of rotatable bonds is 6. The number of hydrogen-bond acceptors (Lipinski definition) is 5. The third-order valence-electron chi connectivity index (χ3n) is 4.47. The number of anilines is 2. The summed E-state index contributed by atoms with van der Waals surface area (Å²) in [7, 11) is 0. The normalized spacial score (nSPS) is 14.5. The van der Waals surface area contributed by atoms with Crippen LogP contribution in [0.1, 0.15) is 19.4 Å². The molecule has 29 heavy (non-hydrogen) atoms. The first-order chi connectivity index (χ1) is 13.7. The van der Waals surface area contributed by atoms with E-state index < -0.39 is 11.9 Å². The minimum Gasteiger partial charge on any atom is -0.392 e. The Morgan fingerprint density at radius 3 is 2.83 bits per heavy atom. The second-order valence-corrected chi connectivity index (χ2v) is 7.56. The van der Waals surface area contributed by atoms with Gasteiger partial charge in [0.1, 0.15) is 11.6 Å². The average molecular weight is 415 g/mol. The molecule has 2 heterocycles. The van der Waals surface area contributed by atoms with E-state index in [1.165, 1.54) is 18.2 Å². The Bertz CT molecular complexity index is 1000. The van der Waals surface area contributed by atoms with Crippen molar-refractivity contribution in [3.05, 3.63) is 71.3 Å². The van der Waals surface area contributed by atoms with Crippen LogP contribution in [0.25, 0.3) is 16.8 Å². The number of β-amino-alcohol motifs (C(OH)–C–C–N with tert-alkyl or cyclic N) is 1. The quantitative estimate of drug-likeness (QED) is 0.640. The van der Waals surface area contributed by atoms with E-state index in [0.717, 1.165) is 11.3 Å². The van der Waals surface area contributed by atoms with Crippen LogP contribution in [-0.2, 0) is 0 Å². The fraction of sp³-hybridized carbons (Fsp3) is 0.227. The molecule has 7 heteroatoms. The van der Waals surface area contributed by atoms with E-state index in [1.807, 2.05) is 30.2 Å². The second-order valence-electron chi connectivity index (χ2n) is 7.12. The Kier molecular flexibility index (Phi) is 6.25. The van der Waals surface area contributed by atoms with Gasteiger partial charge in [-0.05, 0) is 55.8 Å². The van der Waals surface area contributed by atoms with E-state index in [0.29, 0.717) is 35.1 Å². The first-order valence-electron chi connectivity index (χ1n) is 9.24. The van der Waals surface area contributed by atoms with E-state index in [9.17, 15) is 9.50 Å². The highest BCUT2D eigenvalue weighted by Crippen LogP contribution is 2.34. The zero-order valence-electron chi connectivity index (χ0n) is 16.4. The Hall–Kier alpha value is -2.83. The molecule has 0 aliphatic carbocycles. The molecule has 0 spiro atoms. The predicted molar refractivity (Wildman–Crippen MR) is 118 cm³/mol. The van der Waals surface area contributed by atoms with Crippen LogP contribution in [0, 0.1) is 5.82 Å². The maximum atomic E-state index is 14.4. The number of allylic oxidation sites excluding steroid dienone is 2. The number of nitrogens with zero attached hydrogens (tertiary/aromatic N) is 2.